The van der Waals surface area contributed by atoms with Crippen molar-refractivity contribution in [2.45, 2.75) is 39.5 Å². The van der Waals surface area contributed by atoms with Gasteiger partial charge in [0, 0.05) is 13.6 Å². The average Bonchev–Trinajstić information content (AvgIpc) is 2.70. The number of benzene rings is 1. The molecule has 0 radical (unpaired) electrons. The normalized spacial score (nSPS) is 10.9. The summed E-state index contributed by atoms with van der Waals surface area (Å²) in [7, 11) is 2.00. The van der Waals surface area contributed by atoms with E-state index in [1.54, 1.807) is 0 Å². The number of fused-ring (bicyclic) bond motifs is 1. The molecule has 0 fully saturated rings. The number of rotatable bonds is 6. The van der Waals surface area contributed by atoms with Crippen LogP contribution in [0.1, 0.15) is 37.6 Å². The number of aryl methyl sites for hydroxylation is 2. The summed E-state index contributed by atoms with van der Waals surface area (Å²) >= 11 is 0. The lowest BCUT2D eigenvalue weighted by atomic mass is 10.1. The molecule has 108 valence electrons. The Labute approximate surface area is 120 Å². The Bertz CT molecular complexity index is 601. The smallest absolute Gasteiger partial charge is 0.224 e. The minimum Gasteiger partial charge on any atom is -0.356 e. The zero-order chi connectivity index (χ0) is 14.5. The molecule has 20 heavy (non-hydrogen) atoms. The van der Waals surface area contributed by atoms with Crippen molar-refractivity contribution in [3.63, 3.8) is 0 Å². The van der Waals surface area contributed by atoms with Gasteiger partial charge in [-0.05, 0) is 31.0 Å². The molecule has 0 spiro atoms. The van der Waals surface area contributed by atoms with E-state index in [1.165, 1.54) is 12.8 Å². The molecule has 0 unspecified atom stereocenters. The molecule has 2 rings (SSSR count). The van der Waals surface area contributed by atoms with E-state index in [9.17, 15) is 4.79 Å². The van der Waals surface area contributed by atoms with Gasteiger partial charge in [-0.25, -0.2) is 4.98 Å². The second-order valence-corrected chi connectivity index (χ2v) is 5.27. The van der Waals surface area contributed by atoms with E-state index in [0.717, 1.165) is 35.4 Å². The average molecular weight is 273 g/mol. The van der Waals surface area contributed by atoms with Crippen LogP contribution in [0.5, 0.6) is 0 Å². The van der Waals surface area contributed by atoms with Gasteiger partial charge in [-0.1, -0.05) is 25.8 Å². The second kappa shape index (κ2) is 6.55. The van der Waals surface area contributed by atoms with E-state index in [2.05, 4.69) is 21.8 Å². The summed E-state index contributed by atoms with van der Waals surface area (Å²) in [6, 6.07) is 6.05. The number of aromatic nitrogens is 2. The molecule has 0 atom stereocenters. The highest BCUT2D eigenvalue weighted by molar-refractivity contribution is 5.82. The largest absolute Gasteiger partial charge is 0.356 e. The fraction of sp³-hybridized carbons (Fsp3) is 0.500. The highest BCUT2D eigenvalue weighted by Crippen LogP contribution is 2.16. The topological polar surface area (TPSA) is 46.9 Å². The van der Waals surface area contributed by atoms with E-state index in [0.29, 0.717) is 6.42 Å². The molecule has 0 saturated heterocycles. The first-order valence-electron chi connectivity index (χ1n) is 7.30. The Kier molecular flexibility index (Phi) is 4.77. The fourth-order valence-corrected chi connectivity index (χ4v) is 2.33. The van der Waals surface area contributed by atoms with Crippen LogP contribution >= 0.6 is 0 Å². The summed E-state index contributed by atoms with van der Waals surface area (Å²) in [6.45, 7) is 4.92. The molecule has 0 saturated carbocycles. The van der Waals surface area contributed by atoms with E-state index in [1.807, 2.05) is 32.2 Å². The Hall–Kier alpha value is -1.84. The number of hydrogen-bond acceptors (Lipinski definition) is 2. The molecule has 1 heterocycles. The molecule has 1 amide bonds. The maximum atomic E-state index is 11.8. The van der Waals surface area contributed by atoms with Crippen LogP contribution in [0.2, 0.25) is 0 Å². The van der Waals surface area contributed by atoms with Gasteiger partial charge in [-0.15, -0.1) is 0 Å². The number of imidazole rings is 1. The van der Waals surface area contributed by atoms with Gasteiger partial charge in [0.2, 0.25) is 5.91 Å². The standard InChI is InChI=1S/C16H23N3O/c1-4-5-6-9-17-16(20)11-13-7-8-15-14(10-13)18-12(2)19(15)3/h7-8,10H,4-6,9,11H2,1-3H3,(H,17,20). The van der Waals surface area contributed by atoms with Crippen LogP contribution in [0.4, 0.5) is 0 Å². The van der Waals surface area contributed by atoms with Gasteiger partial charge < -0.3 is 9.88 Å². The summed E-state index contributed by atoms with van der Waals surface area (Å²) in [5, 5.41) is 2.97. The molecule has 4 nitrogen and oxygen atoms in total. The predicted molar refractivity (Wildman–Crippen MR) is 81.7 cm³/mol. The quantitative estimate of drug-likeness (QED) is 0.823. The Morgan fingerprint density at radius 2 is 2.15 bits per heavy atom. The third-order valence-corrected chi connectivity index (χ3v) is 3.64. The monoisotopic (exact) mass is 273 g/mol. The second-order valence-electron chi connectivity index (χ2n) is 5.27. The fourth-order valence-electron chi connectivity index (χ4n) is 2.33. The summed E-state index contributed by atoms with van der Waals surface area (Å²) in [6.07, 6.45) is 3.82. The van der Waals surface area contributed by atoms with Crippen LogP contribution in [0.3, 0.4) is 0 Å². The number of nitrogens with one attached hydrogen (secondary N) is 1. The summed E-state index contributed by atoms with van der Waals surface area (Å²) in [5.41, 5.74) is 3.08. The van der Waals surface area contributed by atoms with Crippen LogP contribution in [-0.4, -0.2) is 22.0 Å². The van der Waals surface area contributed by atoms with Gasteiger partial charge in [0.25, 0.3) is 0 Å². The van der Waals surface area contributed by atoms with Gasteiger partial charge in [0.15, 0.2) is 0 Å². The van der Waals surface area contributed by atoms with Crippen molar-refractivity contribution in [1.82, 2.24) is 14.9 Å². The number of amides is 1. The summed E-state index contributed by atoms with van der Waals surface area (Å²) < 4.78 is 2.06. The van der Waals surface area contributed by atoms with Crippen LogP contribution in [-0.2, 0) is 18.3 Å². The number of unbranched alkanes of at least 4 members (excludes halogenated alkanes) is 2. The molecule has 2 aromatic rings. The van der Waals surface area contributed by atoms with E-state index in [4.69, 9.17) is 0 Å². The molecule has 4 heteroatoms. The van der Waals surface area contributed by atoms with Gasteiger partial charge in [0.05, 0.1) is 17.5 Å². The number of nitrogens with zero attached hydrogens (tertiary/aromatic N) is 2. The van der Waals surface area contributed by atoms with Gasteiger partial charge in [-0.3, -0.25) is 4.79 Å². The zero-order valence-corrected chi connectivity index (χ0v) is 12.6. The van der Waals surface area contributed by atoms with E-state index in [-0.39, 0.29) is 5.91 Å². The first-order valence-corrected chi connectivity index (χ1v) is 7.30. The van der Waals surface area contributed by atoms with Crippen molar-refractivity contribution in [2.24, 2.45) is 7.05 Å². The molecule has 0 aliphatic heterocycles. The van der Waals surface area contributed by atoms with Crippen LogP contribution in [0.25, 0.3) is 11.0 Å². The number of carbonyl (C=O) groups excluding carboxylic acids is 1. The zero-order valence-electron chi connectivity index (χ0n) is 12.6. The lowest BCUT2D eigenvalue weighted by Crippen LogP contribution is -2.26. The van der Waals surface area contributed by atoms with Crippen molar-refractivity contribution in [2.75, 3.05) is 6.54 Å². The molecule has 1 aromatic heterocycles. The maximum Gasteiger partial charge on any atom is 0.224 e. The molecular formula is C16H23N3O. The Balaban J connectivity index is 1.97. The summed E-state index contributed by atoms with van der Waals surface area (Å²) in [5.74, 6) is 1.08. The summed E-state index contributed by atoms with van der Waals surface area (Å²) in [4.78, 5) is 16.3. The van der Waals surface area contributed by atoms with Crippen molar-refractivity contribution in [3.05, 3.63) is 29.6 Å². The van der Waals surface area contributed by atoms with Crippen LogP contribution in [0.15, 0.2) is 18.2 Å². The van der Waals surface area contributed by atoms with Gasteiger partial charge >= 0.3 is 0 Å². The third kappa shape index (κ3) is 3.38. The highest BCUT2D eigenvalue weighted by Gasteiger charge is 2.07. The predicted octanol–water partition coefficient (Wildman–Crippen LogP) is 2.73. The van der Waals surface area contributed by atoms with Crippen LogP contribution < -0.4 is 5.32 Å². The Morgan fingerprint density at radius 3 is 2.90 bits per heavy atom. The molecule has 0 aliphatic rings. The minimum atomic E-state index is 0.0908. The number of carbonyl (C=O) groups is 1. The van der Waals surface area contributed by atoms with Crippen molar-refractivity contribution >= 4 is 16.9 Å². The lowest BCUT2D eigenvalue weighted by molar-refractivity contribution is -0.120. The Morgan fingerprint density at radius 1 is 1.35 bits per heavy atom. The minimum absolute atomic E-state index is 0.0908. The molecular weight excluding hydrogens is 250 g/mol. The lowest BCUT2D eigenvalue weighted by Gasteiger charge is -2.05. The van der Waals surface area contributed by atoms with Crippen molar-refractivity contribution < 1.29 is 4.79 Å². The first kappa shape index (κ1) is 14.6. The van der Waals surface area contributed by atoms with Gasteiger partial charge in [-0.2, -0.15) is 0 Å². The SMILES string of the molecule is CCCCCNC(=O)Cc1ccc2c(c1)nc(C)n2C. The van der Waals surface area contributed by atoms with Gasteiger partial charge in [0.1, 0.15) is 5.82 Å². The van der Waals surface area contributed by atoms with Crippen molar-refractivity contribution in [3.8, 4) is 0 Å². The van der Waals surface area contributed by atoms with E-state index >= 15 is 0 Å². The highest BCUT2D eigenvalue weighted by atomic mass is 16.1. The first-order chi connectivity index (χ1) is 9.61. The third-order valence-electron chi connectivity index (χ3n) is 3.64. The van der Waals surface area contributed by atoms with E-state index < -0.39 is 0 Å². The molecule has 0 aliphatic carbocycles. The van der Waals surface area contributed by atoms with Crippen LogP contribution in [0, 0.1) is 6.92 Å². The number of hydrogen-bond donors (Lipinski definition) is 1. The molecule has 1 aromatic carbocycles. The van der Waals surface area contributed by atoms with Crippen molar-refractivity contribution in [1.29, 1.82) is 0 Å². The maximum absolute atomic E-state index is 11.8. The molecule has 1 N–H and O–H groups in total. The molecule has 0 bridgehead atoms.